The van der Waals surface area contributed by atoms with Gasteiger partial charge in [0.2, 0.25) is 0 Å². The first kappa shape index (κ1) is 21.4. The van der Waals surface area contributed by atoms with E-state index in [4.69, 9.17) is 11.6 Å². The van der Waals surface area contributed by atoms with Crippen LogP contribution in [0.15, 0.2) is 48.5 Å². The highest BCUT2D eigenvalue weighted by Gasteiger charge is 2.42. The summed E-state index contributed by atoms with van der Waals surface area (Å²) in [6, 6.07) is 12.2. The predicted molar refractivity (Wildman–Crippen MR) is 111 cm³/mol. The Kier molecular flexibility index (Phi) is 5.56. The molecule has 0 radical (unpaired) electrons. The van der Waals surface area contributed by atoms with Gasteiger partial charge in [-0.2, -0.15) is 13.2 Å². The Labute approximate surface area is 181 Å². The lowest BCUT2D eigenvalue weighted by atomic mass is 9.99. The highest BCUT2D eigenvalue weighted by molar-refractivity contribution is 6.30. The number of nitrogens with one attached hydrogen (secondary N) is 1. The van der Waals surface area contributed by atoms with Gasteiger partial charge in [-0.1, -0.05) is 41.9 Å². The van der Waals surface area contributed by atoms with Crippen LogP contribution in [0.5, 0.6) is 0 Å². The van der Waals surface area contributed by atoms with E-state index in [1.165, 1.54) is 19.1 Å². The third kappa shape index (κ3) is 4.32. The van der Waals surface area contributed by atoms with Gasteiger partial charge < -0.3 is 9.88 Å². The number of carbonyl (C=O) groups excluding carboxylic acids is 1. The quantitative estimate of drug-likeness (QED) is 0.460. The lowest BCUT2D eigenvalue weighted by Gasteiger charge is -2.16. The van der Waals surface area contributed by atoms with Gasteiger partial charge in [0, 0.05) is 28.7 Å². The molecule has 0 bridgehead atoms. The maximum atomic E-state index is 14.8. The molecule has 162 valence electrons. The van der Waals surface area contributed by atoms with Crippen LogP contribution in [0.25, 0.3) is 11.1 Å². The average Bonchev–Trinajstić information content (AvgIpc) is 3.44. The maximum Gasteiger partial charge on any atom is 0.431 e. The van der Waals surface area contributed by atoms with Crippen LogP contribution in [0.3, 0.4) is 0 Å². The SMILES string of the molecule is Cc1c(-c2ccc(Cl)cc2F)c(C(=O)NC2CC2)n(Cc2ccccc2)c1C(F)(F)F. The third-order valence-electron chi connectivity index (χ3n) is 5.29. The van der Waals surface area contributed by atoms with Crippen LogP contribution in [0, 0.1) is 12.7 Å². The summed E-state index contributed by atoms with van der Waals surface area (Å²) in [5.74, 6) is -1.44. The van der Waals surface area contributed by atoms with Gasteiger partial charge in [-0.15, -0.1) is 0 Å². The minimum absolute atomic E-state index is 0.0735. The van der Waals surface area contributed by atoms with E-state index in [0.717, 1.165) is 23.5 Å². The Morgan fingerprint density at radius 1 is 1.16 bits per heavy atom. The van der Waals surface area contributed by atoms with Gasteiger partial charge in [0.15, 0.2) is 0 Å². The Morgan fingerprint density at radius 2 is 1.84 bits per heavy atom. The van der Waals surface area contributed by atoms with Crippen molar-refractivity contribution in [2.75, 3.05) is 0 Å². The molecule has 1 aliphatic rings. The fraction of sp³-hybridized carbons (Fsp3) is 0.261. The summed E-state index contributed by atoms with van der Waals surface area (Å²) < 4.78 is 58.2. The Balaban J connectivity index is 1.99. The van der Waals surface area contributed by atoms with Crippen LogP contribution >= 0.6 is 11.6 Å². The highest BCUT2D eigenvalue weighted by atomic mass is 35.5. The second-order valence-corrected chi connectivity index (χ2v) is 8.08. The molecule has 0 saturated heterocycles. The summed E-state index contributed by atoms with van der Waals surface area (Å²) in [6.07, 6.45) is -3.21. The molecule has 2 aromatic carbocycles. The number of amides is 1. The number of nitrogens with zero attached hydrogens (tertiary/aromatic N) is 1. The smallest absolute Gasteiger partial charge is 0.348 e. The van der Waals surface area contributed by atoms with Crippen molar-refractivity contribution in [1.29, 1.82) is 0 Å². The highest BCUT2D eigenvalue weighted by Crippen LogP contribution is 2.42. The molecule has 0 atom stereocenters. The van der Waals surface area contributed by atoms with Crippen LogP contribution < -0.4 is 5.32 Å². The monoisotopic (exact) mass is 450 g/mol. The first-order valence-electron chi connectivity index (χ1n) is 9.77. The number of aromatic nitrogens is 1. The van der Waals surface area contributed by atoms with Crippen molar-refractivity contribution in [2.45, 2.75) is 38.5 Å². The van der Waals surface area contributed by atoms with Gasteiger partial charge in [-0.25, -0.2) is 4.39 Å². The first-order chi connectivity index (χ1) is 14.7. The van der Waals surface area contributed by atoms with Gasteiger partial charge in [0.1, 0.15) is 17.2 Å². The zero-order valence-corrected chi connectivity index (χ0v) is 17.3. The number of alkyl halides is 3. The molecular formula is C23H19ClF4N2O. The van der Waals surface area contributed by atoms with E-state index in [2.05, 4.69) is 5.32 Å². The summed E-state index contributed by atoms with van der Waals surface area (Å²) >= 11 is 5.84. The van der Waals surface area contributed by atoms with Gasteiger partial charge in [-0.05, 0) is 49.1 Å². The molecule has 0 aliphatic heterocycles. The van der Waals surface area contributed by atoms with Crippen LogP contribution in [-0.2, 0) is 12.7 Å². The van der Waals surface area contributed by atoms with Crippen molar-refractivity contribution in [3.05, 3.63) is 81.9 Å². The van der Waals surface area contributed by atoms with Gasteiger partial charge in [-0.3, -0.25) is 4.79 Å². The molecule has 1 aliphatic carbocycles. The van der Waals surface area contributed by atoms with Crippen molar-refractivity contribution in [1.82, 2.24) is 9.88 Å². The lowest BCUT2D eigenvalue weighted by Crippen LogP contribution is -2.29. The van der Waals surface area contributed by atoms with E-state index in [9.17, 15) is 22.4 Å². The second kappa shape index (κ2) is 8.04. The molecule has 1 fully saturated rings. The number of halogens is 5. The largest absolute Gasteiger partial charge is 0.431 e. The summed E-state index contributed by atoms with van der Waals surface area (Å²) in [6.45, 7) is 1.08. The normalized spacial score (nSPS) is 14.0. The van der Waals surface area contributed by atoms with Crippen LogP contribution in [0.4, 0.5) is 17.6 Å². The molecule has 1 saturated carbocycles. The summed E-state index contributed by atoms with van der Waals surface area (Å²) in [5, 5.41) is 2.87. The molecule has 31 heavy (non-hydrogen) atoms. The fourth-order valence-corrected chi connectivity index (χ4v) is 3.93. The fourth-order valence-electron chi connectivity index (χ4n) is 3.77. The molecule has 3 nitrogen and oxygen atoms in total. The maximum absolute atomic E-state index is 14.8. The van der Waals surface area contributed by atoms with Crippen LogP contribution in [0.1, 0.15) is 40.2 Å². The standard InChI is InChI=1S/C23H19ClF4N2O/c1-13-19(17-10-7-15(24)11-18(17)25)20(22(31)29-16-8-9-16)30(21(13)23(26,27)28)12-14-5-3-2-4-6-14/h2-7,10-11,16H,8-9,12H2,1H3,(H,29,31). The van der Waals surface area contributed by atoms with Gasteiger partial charge in [0.25, 0.3) is 5.91 Å². The number of rotatable bonds is 5. The number of hydrogen-bond acceptors (Lipinski definition) is 1. The topological polar surface area (TPSA) is 34.0 Å². The molecule has 1 N–H and O–H groups in total. The Bertz CT molecular complexity index is 1130. The molecular weight excluding hydrogens is 432 g/mol. The van der Waals surface area contributed by atoms with E-state index in [0.29, 0.717) is 5.56 Å². The molecule has 0 unspecified atom stereocenters. The average molecular weight is 451 g/mol. The van der Waals surface area contributed by atoms with Crippen molar-refractivity contribution >= 4 is 17.5 Å². The molecule has 4 rings (SSSR count). The van der Waals surface area contributed by atoms with Crippen molar-refractivity contribution in [3.8, 4) is 11.1 Å². The number of carbonyl (C=O) groups is 1. The minimum atomic E-state index is -4.74. The number of benzene rings is 2. The van der Waals surface area contributed by atoms with Crippen molar-refractivity contribution in [2.24, 2.45) is 0 Å². The van der Waals surface area contributed by atoms with E-state index >= 15 is 0 Å². The second-order valence-electron chi connectivity index (χ2n) is 7.64. The minimum Gasteiger partial charge on any atom is -0.348 e. The Morgan fingerprint density at radius 3 is 2.42 bits per heavy atom. The van der Waals surface area contributed by atoms with E-state index in [-0.39, 0.29) is 40.0 Å². The van der Waals surface area contributed by atoms with Crippen molar-refractivity contribution in [3.63, 3.8) is 0 Å². The van der Waals surface area contributed by atoms with Crippen LogP contribution in [-0.4, -0.2) is 16.5 Å². The van der Waals surface area contributed by atoms with E-state index in [1.807, 2.05) is 0 Å². The summed E-state index contributed by atoms with van der Waals surface area (Å²) in [4.78, 5) is 13.1. The summed E-state index contributed by atoms with van der Waals surface area (Å²) in [5.41, 5.74) is -0.962. The third-order valence-corrected chi connectivity index (χ3v) is 5.52. The zero-order valence-electron chi connectivity index (χ0n) is 16.6. The number of hydrogen-bond donors (Lipinski definition) is 1. The summed E-state index contributed by atoms with van der Waals surface area (Å²) in [7, 11) is 0. The molecule has 3 aromatic rings. The van der Waals surface area contributed by atoms with Gasteiger partial charge in [0.05, 0.1) is 0 Å². The molecule has 8 heteroatoms. The molecule has 1 heterocycles. The van der Waals surface area contributed by atoms with Gasteiger partial charge >= 0.3 is 6.18 Å². The molecule has 1 aromatic heterocycles. The van der Waals surface area contributed by atoms with E-state index in [1.54, 1.807) is 30.3 Å². The Hall–Kier alpha value is -2.80. The molecule has 0 spiro atoms. The molecule has 1 amide bonds. The first-order valence-corrected chi connectivity index (χ1v) is 10.1. The van der Waals surface area contributed by atoms with Crippen molar-refractivity contribution < 1.29 is 22.4 Å². The lowest BCUT2D eigenvalue weighted by molar-refractivity contribution is -0.143. The predicted octanol–water partition coefficient (Wildman–Crippen LogP) is 6.22. The van der Waals surface area contributed by atoms with E-state index < -0.39 is 23.6 Å². The zero-order chi connectivity index (χ0) is 22.3. The van der Waals surface area contributed by atoms with Crippen LogP contribution in [0.2, 0.25) is 5.02 Å².